The van der Waals surface area contributed by atoms with Gasteiger partial charge in [0.15, 0.2) is 11.6 Å². The molecule has 0 radical (unpaired) electrons. The topological polar surface area (TPSA) is 52.6 Å². The highest BCUT2D eigenvalue weighted by Gasteiger charge is 2.45. The molecule has 0 aromatic rings. The number of rotatable bonds is 6. The first kappa shape index (κ1) is 13.3. The van der Waals surface area contributed by atoms with Crippen LogP contribution < -0.4 is 0 Å². The van der Waals surface area contributed by atoms with Crippen molar-refractivity contribution in [2.75, 3.05) is 27.4 Å². The van der Waals surface area contributed by atoms with Crippen molar-refractivity contribution in [1.82, 2.24) is 0 Å². The molecule has 0 aromatic carbocycles. The molecule has 16 heavy (non-hydrogen) atoms. The van der Waals surface area contributed by atoms with E-state index in [0.717, 1.165) is 19.3 Å². The smallest absolute Gasteiger partial charge is 0.172 e. The Hall–Kier alpha value is -0.740. The number of Topliss-reactive ketones (excluding diaryl/α,β-unsaturated/α-hetero) is 2. The van der Waals surface area contributed by atoms with Crippen LogP contribution in [0.25, 0.3) is 0 Å². The maximum atomic E-state index is 12.0. The van der Waals surface area contributed by atoms with Crippen LogP contribution in [0.1, 0.15) is 32.1 Å². The monoisotopic (exact) mass is 228 g/mol. The average Bonchev–Trinajstić information content (AvgIpc) is 2.30. The summed E-state index contributed by atoms with van der Waals surface area (Å²) in [6.45, 7) is 0.0465. The summed E-state index contributed by atoms with van der Waals surface area (Å²) in [7, 11) is 2.96. The van der Waals surface area contributed by atoms with Crippen LogP contribution in [0, 0.1) is 5.41 Å². The van der Waals surface area contributed by atoms with Gasteiger partial charge in [-0.25, -0.2) is 0 Å². The molecule has 0 aliphatic heterocycles. The van der Waals surface area contributed by atoms with E-state index in [1.165, 1.54) is 14.2 Å². The van der Waals surface area contributed by atoms with Gasteiger partial charge in [-0.05, 0) is 12.8 Å². The molecule has 0 N–H and O–H groups in total. The lowest BCUT2D eigenvalue weighted by molar-refractivity contribution is -0.147. The first-order chi connectivity index (χ1) is 7.67. The van der Waals surface area contributed by atoms with Crippen molar-refractivity contribution in [3.05, 3.63) is 0 Å². The molecule has 4 heteroatoms. The summed E-state index contributed by atoms with van der Waals surface area (Å²) in [4.78, 5) is 24.1. The molecule has 0 bridgehead atoms. The Morgan fingerprint density at radius 1 is 0.938 bits per heavy atom. The number of methoxy groups -OCH3 is 2. The SMILES string of the molecule is COCC(=O)C1(C(=O)COC)CCCCC1. The Balaban J connectivity index is 2.82. The van der Waals surface area contributed by atoms with Gasteiger partial charge in [0.1, 0.15) is 13.2 Å². The highest BCUT2D eigenvalue weighted by atomic mass is 16.5. The van der Waals surface area contributed by atoms with E-state index < -0.39 is 5.41 Å². The Morgan fingerprint density at radius 3 is 1.75 bits per heavy atom. The average molecular weight is 228 g/mol. The summed E-state index contributed by atoms with van der Waals surface area (Å²) < 4.78 is 9.74. The molecule has 0 saturated heterocycles. The quantitative estimate of drug-likeness (QED) is 0.644. The fraction of sp³-hybridized carbons (Fsp3) is 0.833. The van der Waals surface area contributed by atoms with Gasteiger partial charge in [-0.1, -0.05) is 19.3 Å². The van der Waals surface area contributed by atoms with Crippen LogP contribution in [0.15, 0.2) is 0 Å². The van der Waals surface area contributed by atoms with Gasteiger partial charge in [-0.3, -0.25) is 9.59 Å². The molecule has 92 valence electrons. The number of ketones is 2. The number of hydrogen-bond donors (Lipinski definition) is 0. The Labute approximate surface area is 96.3 Å². The standard InChI is InChI=1S/C12H20O4/c1-15-8-10(13)12(11(14)9-16-2)6-4-3-5-7-12/h3-9H2,1-2H3. The first-order valence-corrected chi connectivity index (χ1v) is 5.72. The molecule has 0 atom stereocenters. The minimum Gasteiger partial charge on any atom is -0.377 e. The minimum absolute atomic E-state index is 0.0233. The zero-order valence-electron chi connectivity index (χ0n) is 10.1. The van der Waals surface area contributed by atoms with Gasteiger partial charge in [0.25, 0.3) is 0 Å². The number of carbonyl (C=O) groups excluding carboxylic acids is 2. The number of ether oxygens (including phenoxy) is 2. The largest absolute Gasteiger partial charge is 0.377 e. The van der Waals surface area contributed by atoms with Crippen LogP contribution in [-0.4, -0.2) is 39.0 Å². The molecular weight excluding hydrogens is 208 g/mol. The second-order valence-electron chi connectivity index (χ2n) is 4.36. The molecule has 0 amide bonds. The van der Waals surface area contributed by atoms with E-state index >= 15 is 0 Å². The van der Waals surface area contributed by atoms with Gasteiger partial charge in [-0.2, -0.15) is 0 Å². The normalized spacial score (nSPS) is 19.4. The van der Waals surface area contributed by atoms with Gasteiger partial charge in [-0.15, -0.1) is 0 Å². The Morgan fingerprint density at radius 2 is 1.38 bits per heavy atom. The van der Waals surface area contributed by atoms with Crippen molar-refractivity contribution in [3.63, 3.8) is 0 Å². The highest BCUT2D eigenvalue weighted by Crippen LogP contribution is 2.38. The summed E-state index contributed by atoms with van der Waals surface area (Å²) in [5, 5.41) is 0. The van der Waals surface area contributed by atoms with Crippen molar-refractivity contribution in [2.45, 2.75) is 32.1 Å². The third-order valence-electron chi connectivity index (χ3n) is 3.33. The lowest BCUT2D eigenvalue weighted by Crippen LogP contribution is -2.44. The summed E-state index contributed by atoms with van der Waals surface area (Å²) in [6.07, 6.45) is 4.27. The van der Waals surface area contributed by atoms with Crippen LogP contribution in [0.4, 0.5) is 0 Å². The first-order valence-electron chi connectivity index (χ1n) is 5.72. The summed E-state index contributed by atoms with van der Waals surface area (Å²) in [5.74, 6) is -0.173. The molecular formula is C12H20O4. The van der Waals surface area contributed by atoms with Crippen molar-refractivity contribution in [1.29, 1.82) is 0 Å². The van der Waals surface area contributed by atoms with E-state index in [1.807, 2.05) is 0 Å². The maximum absolute atomic E-state index is 12.0. The summed E-state index contributed by atoms with van der Waals surface area (Å²) >= 11 is 0. The second kappa shape index (κ2) is 6.11. The molecule has 0 unspecified atom stereocenters. The van der Waals surface area contributed by atoms with E-state index in [2.05, 4.69) is 0 Å². The van der Waals surface area contributed by atoms with Gasteiger partial charge >= 0.3 is 0 Å². The number of carbonyl (C=O) groups is 2. The van der Waals surface area contributed by atoms with Crippen molar-refractivity contribution >= 4 is 11.6 Å². The van der Waals surface area contributed by atoms with Crippen molar-refractivity contribution in [3.8, 4) is 0 Å². The van der Waals surface area contributed by atoms with E-state index in [-0.39, 0.29) is 24.8 Å². The lowest BCUT2D eigenvalue weighted by Gasteiger charge is -2.33. The van der Waals surface area contributed by atoms with Crippen LogP contribution in [0.5, 0.6) is 0 Å². The third-order valence-corrected chi connectivity index (χ3v) is 3.33. The molecule has 0 aromatic heterocycles. The van der Waals surface area contributed by atoms with Crippen LogP contribution in [-0.2, 0) is 19.1 Å². The zero-order valence-corrected chi connectivity index (χ0v) is 10.1. The predicted molar refractivity (Wildman–Crippen MR) is 59.3 cm³/mol. The highest BCUT2D eigenvalue weighted by molar-refractivity contribution is 6.08. The fourth-order valence-electron chi connectivity index (χ4n) is 2.41. The summed E-state index contributed by atoms with van der Waals surface area (Å²) in [5.41, 5.74) is -0.829. The molecule has 1 rings (SSSR count). The van der Waals surface area contributed by atoms with Crippen LogP contribution in [0.2, 0.25) is 0 Å². The van der Waals surface area contributed by atoms with E-state index in [4.69, 9.17) is 9.47 Å². The van der Waals surface area contributed by atoms with Gasteiger partial charge < -0.3 is 9.47 Å². The van der Waals surface area contributed by atoms with E-state index in [9.17, 15) is 9.59 Å². The minimum atomic E-state index is -0.829. The van der Waals surface area contributed by atoms with Gasteiger partial charge in [0, 0.05) is 14.2 Å². The Bertz CT molecular complexity index is 234. The fourth-order valence-corrected chi connectivity index (χ4v) is 2.41. The van der Waals surface area contributed by atoms with E-state index in [0.29, 0.717) is 12.8 Å². The molecule has 0 heterocycles. The molecule has 1 saturated carbocycles. The summed E-state index contributed by atoms with van der Waals surface area (Å²) in [6, 6.07) is 0. The van der Waals surface area contributed by atoms with Crippen LogP contribution in [0.3, 0.4) is 0 Å². The number of hydrogen-bond acceptors (Lipinski definition) is 4. The lowest BCUT2D eigenvalue weighted by atomic mass is 9.68. The van der Waals surface area contributed by atoms with Gasteiger partial charge in [0.2, 0.25) is 0 Å². The molecule has 1 aliphatic carbocycles. The molecule has 1 aliphatic rings. The second-order valence-corrected chi connectivity index (χ2v) is 4.36. The van der Waals surface area contributed by atoms with E-state index in [1.54, 1.807) is 0 Å². The van der Waals surface area contributed by atoms with Crippen LogP contribution >= 0.6 is 0 Å². The van der Waals surface area contributed by atoms with Gasteiger partial charge in [0.05, 0.1) is 5.41 Å². The van der Waals surface area contributed by atoms with Crippen molar-refractivity contribution in [2.24, 2.45) is 5.41 Å². The van der Waals surface area contributed by atoms with Crippen molar-refractivity contribution < 1.29 is 19.1 Å². The third kappa shape index (κ3) is 2.68. The molecule has 4 nitrogen and oxygen atoms in total. The molecule has 1 fully saturated rings. The Kier molecular flexibility index (Phi) is 5.09. The predicted octanol–water partition coefficient (Wildman–Crippen LogP) is 1.37. The molecule has 0 spiro atoms. The zero-order chi connectivity index (χ0) is 12.0. The maximum Gasteiger partial charge on any atom is 0.172 e.